The van der Waals surface area contributed by atoms with Crippen molar-refractivity contribution >= 4 is 17.2 Å². The first kappa shape index (κ1) is 13.4. The van der Waals surface area contributed by atoms with Gasteiger partial charge in [0.05, 0.1) is 0 Å². The minimum absolute atomic E-state index is 0.213. The quantitative estimate of drug-likeness (QED) is 0.852. The topological polar surface area (TPSA) is 54.9 Å². The van der Waals surface area contributed by atoms with Gasteiger partial charge in [-0.2, -0.15) is 0 Å². The predicted octanol–water partition coefficient (Wildman–Crippen LogP) is 2.19. The molecule has 0 unspecified atom stereocenters. The number of aromatic nitrogens is 2. The van der Waals surface area contributed by atoms with Crippen LogP contribution in [-0.2, 0) is 11.2 Å². The normalized spacial score (nSPS) is 10.2. The van der Waals surface area contributed by atoms with Crippen molar-refractivity contribution in [2.75, 3.05) is 6.54 Å². The summed E-state index contributed by atoms with van der Waals surface area (Å²) in [6.45, 7) is 3.84. The molecule has 1 N–H and O–H groups in total. The van der Waals surface area contributed by atoms with Gasteiger partial charge >= 0.3 is 0 Å². The van der Waals surface area contributed by atoms with E-state index in [-0.39, 0.29) is 11.7 Å². The predicted molar refractivity (Wildman–Crippen MR) is 72.2 cm³/mol. The van der Waals surface area contributed by atoms with Gasteiger partial charge in [0.15, 0.2) is 0 Å². The fraction of sp³-hybridized carbons (Fsp3) is 0.154. The van der Waals surface area contributed by atoms with E-state index in [9.17, 15) is 9.18 Å². The molecule has 1 aromatic carbocycles. The molecule has 4 nitrogen and oxygen atoms in total. The van der Waals surface area contributed by atoms with Gasteiger partial charge in [0.1, 0.15) is 15.8 Å². The van der Waals surface area contributed by atoms with Gasteiger partial charge < -0.3 is 5.32 Å². The van der Waals surface area contributed by atoms with Crippen LogP contribution in [0, 0.1) is 5.82 Å². The molecular formula is C13H12FN3OS. The molecule has 2 rings (SSSR count). The van der Waals surface area contributed by atoms with Crippen molar-refractivity contribution in [3.8, 4) is 10.6 Å². The molecule has 0 fully saturated rings. The zero-order valence-electron chi connectivity index (χ0n) is 10.1. The average molecular weight is 277 g/mol. The maximum absolute atomic E-state index is 13.1. The maximum Gasteiger partial charge on any atom is 0.243 e. The van der Waals surface area contributed by atoms with Crippen molar-refractivity contribution in [2.45, 2.75) is 6.42 Å². The number of halogens is 1. The molecule has 98 valence electrons. The van der Waals surface area contributed by atoms with E-state index in [1.165, 1.54) is 29.5 Å². The largest absolute Gasteiger partial charge is 0.352 e. The first-order valence-electron chi connectivity index (χ1n) is 5.67. The number of carbonyl (C=O) groups excluding carboxylic acids is 1. The van der Waals surface area contributed by atoms with E-state index in [4.69, 9.17) is 0 Å². The van der Waals surface area contributed by atoms with Crippen LogP contribution in [0.15, 0.2) is 36.9 Å². The SMILES string of the molecule is C=CC(=O)NCCc1nnc(-c2cccc(F)c2)s1. The number of hydrogen-bond donors (Lipinski definition) is 1. The Morgan fingerprint density at radius 3 is 3.05 bits per heavy atom. The summed E-state index contributed by atoms with van der Waals surface area (Å²) < 4.78 is 13.1. The molecule has 0 aliphatic heterocycles. The van der Waals surface area contributed by atoms with Crippen LogP contribution < -0.4 is 5.32 Å². The third-order valence-corrected chi connectivity index (χ3v) is 3.39. The lowest BCUT2D eigenvalue weighted by Crippen LogP contribution is -2.23. The van der Waals surface area contributed by atoms with Crippen LogP contribution >= 0.6 is 11.3 Å². The number of amides is 1. The van der Waals surface area contributed by atoms with Gasteiger partial charge in [-0.1, -0.05) is 30.0 Å². The van der Waals surface area contributed by atoms with Crippen molar-refractivity contribution in [1.29, 1.82) is 0 Å². The summed E-state index contributed by atoms with van der Waals surface area (Å²) in [5.74, 6) is -0.512. The van der Waals surface area contributed by atoms with E-state index >= 15 is 0 Å². The highest BCUT2D eigenvalue weighted by Gasteiger charge is 2.07. The highest BCUT2D eigenvalue weighted by molar-refractivity contribution is 7.14. The Bertz CT molecular complexity index is 597. The Morgan fingerprint density at radius 1 is 1.47 bits per heavy atom. The van der Waals surface area contributed by atoms with E-state index in [2.05, 4.69) is 22.1 Å². The highest BCUT2D eigenvalue weighted by Crippen LogP contribution is 2.23. The second-order valence-corrected chi connectivity index (χ2v) is 4.82. The molecule has 0 spiro atoms. The number of nitrogens with zero attached hydrogens (tertiary/aromatic N) is 2. The summed E-state index contributed by atoms with van der Waals surface area (Å²) in [4.78, 5) is 11.0. The fourth-order valence-electron chi connectivity index (χ4n) is 1.46. The van der Waals surface area contributed by atoms with Crippen LogP contribution in [0.2, 0.25) is 0 Å². The zero-order valence-corrected chi connectivity index (χ0v) is 10.9. The lowest BCUT2D eigenvalue weighted by molar-refractivity contribution is -0.116. The smallest absolute Gasteiger partial charge is 0.243 e. The third kappa shape index (κ3) is 3.69. The highest BCUT2D eigenvalue weighted by atomic mass is 32.1. The van der Waals surface area contributed by atoms with E-state index in [1.54, 1.807) is 12.1 Å². The molecule has 1 amide bonds. The third-order valence-electron chi connectivity index (χ3n) is 2.36. The summed E-state index contributed by atoms with van der Waals surface area (Å²) in [6.07, 6.45) is 1.81. The molecular weight excluding hydrogens is 265 g/mol. The Balaban J connectivity index is 1.99. The maximum atomic E-state index is 13.1. The standard InChI is InChI=1S/C13H12FN3OS/c1-2-11(18)15-7-6-12-16-17-13(19-12)9-4-3-5-10(14)8-9/h2-5,8H,1,6-7H2,(H,15,18). The minimum atomic E-state index is -0.299. The minimum Gasteiger partial charge on any atom is -0.352 e. The lowest BCUT2D eigenvalue weighted by atomic mass is 10.2. The summed E-state index contributed by atoms with van der Waals surface area (Å²) in [6, 6.07) is 6.23. The van der Waals surface area contributed by atoms with Gasteiger partial charge in [0, 0.05) is 18.5 Å². The molecule has 0 atom stereocenters. The molecule has 6 heteroatoms. The van der Waals surface area contributed by atoms with Crippen molar-refractivity contribution in [3.05, 3.63) is 47.7 Å². The summed E-state index contributed by atoms with van der Waals surface area (Å²) in [7, 11) is 0. The van der Waals surface area contributed by atoms with Gasteiger partial charge in [-0.3, -0.25) is 4.79 Å². The van der Waals surface area contributed by atoms with E-state index in [0.29, 0.717) is 23.5 Å². The summed E-state index contributed by atoms with van der Waals surface area (Å²) in [5.41, 5.74) is 0.707. The first-order chi connectivity index (χ1) is 9.19. The molecule has 0 bridgehead atoms. The monoisotopic (exact) mass is 277 g/mol. The number of nitrogens with one attached hydrogen (secondary N) is 1. The van der Waals surface area contributed by atoms with Gasteiger partial charge in [-0.25, -0.2) is 4.39 Å². The van der Waals surface area contributed by atoms with Crippen LogP contribution in [0.3, 0.4) is 0 Å². The van der Waals surface area contributed by atoms with Crippen LogP contribution in [-0.4, -0.2) is 22.6 Å². The van der Waals surface area contributed by atoms with Gasteiger partial charge in [-0.05, 0) is 18.2 Å². The molecule has 19 heavy (non-hydrogen) atoms. The second kappa shape index (κ2) is 6.19. The molecule has 0 saturated heterocycles. The zero-order chi connectivity index (χ0) is 13.7. The van der Waals surface area contributed by atoms with E-state index in [1.807, 2.05) is 0 Å². The Labute approximate surface area is 114 Å². The van der Waals surface area contributed by atoms with Crippen LogP contribution in [0.1, 0.15) is 5.01 Å². The molecule has 0 aliphatic rings. The van der Waals surface area contributed by atoms with Gasteiger partial charge in [0.25, 0.3) is 0 Å². The lowest BCUT2D eigenvalue weighted by Gasteiger charge is -1.98. The Hall–Kier alpha value is -2.08. The van der Waals surface area contributed by atoms with E-state index < -0.39 is 0 Å². The van der Waals surface area contributed by atoms with E-state index in [0.717, 1.165) is 5.01 Å². The molecule has 1 heterocycles. The first-order valence-corrected chi connectivity index (χ1v) is 6.49. The van der Waals surface area contributed by atoms with Gasteiger partial charge in [0.2, 0.25) is 5.91 Å². The number of carbonyl (C=O) groups is 1. The van der Waals surface area contributed by atoms with Crippen molar-refractivity contribution in [2.24, 2.45) is 0 Å². The van der Waals surface area contributed by atoms with Gasteiger partial charge in [-0.15, -0.1) is 10.2 Å². The Morgan fingerprint density at radius 2 is 2.32 bits per heavy atom. The van der Waals surface area contributed by atoms with Crippen molar-refractivity contribution in [1.82, 2.24) is 15.5 Å². The fourth-order valence-corrected chi connectivity index (χ4v) is 2.29. The molecule has 1 aromatic heterocycles. The van der Waals surface area contributed by atoms with Crippen molar-refractivity contribution in [3.63, 3.8) is 0 Å². The number of hydrogen-bond acceptors (Lipinski definition) is 4. The number of rotatable bonds is 5. The molecule has 2 aromatic rings. The van der Waals surface area contributed by atoms with Crippen LogP contribution in [0.5, 0.6) is 0 Å². The summed E-state index contributed by atoms with van der Waals surface area (Å²) >= 11 is 1.39. The Kier molecular flexibility index (Phi) is 4.35. The summed E-state index contributed by atoms with van der Waals surface area (Å²) in [5, 5.41) is 12.2. The number of benzene rings is 1. The molecule has 0 aliphatic carbocycles. The molecule has 0 saturated carbocycles. The van der Waals surface area contributed by atoms with Crippen molar-refractivity contribution < 1.29 is 9.18 Å². The average Bonchev–Trinajstić information content (AvgIpc) is 2.87. The van der Waals surface area contributed by atoms with Crippen LogP contribution in [0.25, 0.3) is 10.6 Å². The molecule has 0 radical (unpaired) electrons. The van der Waals surface area contributed by atoms with Crippen LogP contribution in [0.4, 0.5) is 4.39 Å². The second-order valence-electron chi connectivity index (χ2n) is 3.76.